The van der Waals surface area contributed by atoms with Crippen LogP contribution in [0.25, 0.3) is 0 Å². The fourth-order valence-corrected chi connectivity index (χ4v) is 3.80. The highest BCUT2D eigenvalue weighted by Crippen LogP contribution is 2.26. The summed E-state index contributed by atoms with van der Waals surface area (Å²) in [5.41, 5.74) is 7.43. The number of carbonyl (C=O) groups excluding carboxylic acids is 1. The largest absolute Gasteiger partial charge is 0.397 e. The SMILES string of the molecule is Cc1ccc(C)c(S(=O)(=O)NC2CNC(=O)C2)c1N. The molecule has 1 aliphatic rings. The third kappa shape index (κ3) is 2.71. The molecule has 1 saturated heterocycles. The smallest absolute Gasteiger partial charge is 0.243 e. The number of aryl methyl sites for hydroxylation is 2. The Morgan fingerprint density at radius 2 is 1.95 bits per heavy atom. The minimum atomic E-state index is -3.72. The fourth-order valence-electron chi connectivity index (χ4n) is 2.13. The Hall–Kier alpha value is -1.60. The van der Waals surface area contributed by atoms with Gasteiger partial charge in [0, 0.05) is 19.0 Å². The normalized spacial score (nSPS) is 19.5. The third-order valence-electron chi connectivity index (χ3n) is 3.18. The number of hydrogen-bond acceptors (Lipinski definition) is 4. The number of rotatable bonds is 3. The van der Waals surface area contributed by atoms with Crippen LogP contribution in [0.3, 0.4) is 0 Å². The van der Waals surface area contributed by atoms with Gasteiger partial charge in [0.2, 0.25) is 15.9 Å². The number of carbonyl (C=O) groups is 1. The Bertz CT molecular complexity index is 625. The van der Waals surface area contributed by atoms with Gasteiger partial charge in [-0.25, -0.2) is 13.1 Å². The van der Waals surface area contributed by atoms with Crippen molar-refractivity contribution in [3.63, 3.8) is 0 Å². The van der Waals surface area contributed by atoms with E-state index in [1.54, 1.807) is 26.0 Å². The van der Waals surface area contributed by atoms with E-state index in [1.807, 2.05) is 0 Å². The summed E-state index contributed by atoms with van der Waals surface area (Å²) >= 11 is 0. The summed E-state index contributed by atoms with van der Waals surface area (Å²) in [4.78, 5) is 11.2. The van der Waals surface area contributed by atoms with Gasteiger partial charge in [0.05, 0.1) is 5.69 Å². The van der Waals surface area contributed by atoms with Crippen LogP contribution < -0.4 is 15.8 Å². The van der Waals surface area contributed by atoms with Gasteiger partial charge in [0.25, 0.3) is 0 Å². The van der Waals surface area contributed by atoms with Gasteiger partial charge in [-0.3, -0.25) is 4.79 Å². The molecule has 1 aromatic rings. The van der Waals surface area contributed by atoms with Crippen molar-refractivity contribution in [2.24, 2.45) is 0 Å². The van der Waals surface area contributed by atoms with Gasteiger partial charge in [-0.05, 0) is 25.0 Å². The maximum atomic E-state index is 12.4. The van der Waals surface area contributed by atoms with Gasteiger partial charge >= 0.3 is 0 Å². The molecule has 6 nitrogen and oxygen atoms in total. The summed E-state index contributed by atoms with van der Waals surface area (Å²) in [7, 11) is -3.72. The van der Waals surface area contributed by atoms with E-state index in [1.165, 1.54) is 0 Å². The Morgan fingerprint density at radius 1 is 1.32 bits per heavy atom. The number of amides is 1. The van der Waals surface area contributed by atoms with Crippen molar-refractivity contribution in [2.75, 3.05) is 12.3 Å². The molecule has 0 bridgehead atoms. The highest BCUT2D eigenvalue weighted by atomic mass is 32.2. The molecule has 1 atom stereocenters. The lowest BCUT2D eigenvalue weighted by Gasteiger charge is -2.16. The van der Waals surface area contributed by atoms with Crippen LogP contribution in [0.5, 0.6) is 0 Å². The lowest BCUT2D eigenvalue weighted by atomic mass is 10.1. The number of nitrogen functional groups attached to an aromatic ring is 1. The van der Waals surface area contributed by atoms with Crippen molar-refractivity contribution in [1.82, 2.24) is 10.0 Å². The molecule has 7 heteroatoms. The quantitative estimate of drug-likeness (QED) is 0.682. The molecule has 0 aliphatic carbocycles. The van der Waals surface area contributed by atoms with Crippen molar-refractivity contribution in [3.05, 3.63) is 23.3 Å². The van der Waals surface area contributed by atoms with Gasteiger partial charge < -0.3 is 11.1 Å². The van der Waals surface area contributed by atoms with E-state index in [0.29, 0.717) is 17.7 Å². The molecule has 2 rings (SSSR count). The molecule has 1 aliphatic heterocycles. The molecular formula is C12H17N3O3S. The summed E-state index contributed by atoms with van der Waals surface area (Å²) in [5.74, 6) is -0.151. The second-order valence-electron chi connectivity index (χ2n) is 4.77. The molecule has 0 spiro atoms. The summed E-state index contributed by atoms with van der Waals surface area (Å²) < 4.78 is 27.2. The standard InChI is InChI=1S/C12H17N3O3S/c1-7-3-4-8(2)12(11(7)13)19(17,18)15-9-5-10(16)14-6-9/h3-4,9,15H,5-6,13H2,1-2H3,(H,14,16). The average Bonchev–Trinajstić information content (AvgIpc) is 2.68. The van der Waals surface area contributed by atoms with Gasteiger partial charge in [-0.1, -0.05) is 12.1 Å². The molecule has 19 heavy (non-hydrogen) atoms. The maximum Gasteiger partial charge on any atom is 0.243 e. The second-order valence-corrected chi connectivity index (χ2v) is 6.42. The lowest BCUT2D eigenvalue weighted by Crippen LogP contribution is -2.36. The average molecular weight is 283 g/mol. The molecule has 4 N–H and O–H groups in total. The molecule has 0 aromatic heterocycles. The first kappa shape index (κ1) is 13.8. The zero-order chi connectivity index (χ0) is 14.2. The highest BCUT2D eigenvalue weighted by molar-refractivity contribution is 7.89. The first-order chi connectivity index (χ1) is 8.81. The summed E-state index contributed by atoms with van der Waals surface area (Å²) in [5, 5.41) is 2.59. The molecule has 1 fully saturated rings. The first-order valence-electron chi connectivity index (χ1n) is 5.96. The first-order valence-corrected chi connectivity index (χ1v) is 7.44. The van der Waals surface area contributed by atoms with E-state index in [-0.39, 0.29) is 22.9 Å². The molecule has 104 valence electrons. The number of anilines is 1. The number of benzene rings is 1. The molecule has 0 radical (unpaired) electrons. The van der Waals surface area contributed by atoms with Crippen molar-refractivity contribution in [1.29, 1.82) is 0 Å². The van der Waals surface area contributed by atoms with Crippen LogP contribution in [0.1, 0.15) is 17.5 Å². The monoisotopic (exact) mass is 283 g/mol. The van der Waals surface area contributed by atoms with Crippen LogP contribution in [-0.4, -0.2) is 26.9 Å². The van der Waals surface area contributed by atoms with Crippen LogP contribution in [0.4, 0.5) is 5.69 Å². The van der Waals surface area contributed by atoms with Crippen molar-refractivity contribution in [2.45, 2.75) is 31.2 Å². The predicted molar refractivity (Wildman–Crippen MR) is 72.1 cm³/mol. The van der Waals surface area contributed by atoms with Gasteiger partial charge in [-0.15, -0.1) is 0 Å². The highest BCUT2D eigenvalue weighted by Gasteiger charge is 2.29. The van der Waals surface area contributed by atoms with E-state index in [2.05, 4.69) is 10.0 Å². The van der Waals surface area contributed by atoms with Crippen molar-refractivity contribution < 1.29 is 13.2 Å². The summed E-state index contributed by atoms with van der Waals surface area (Å²) in [6, 6.07) is 3.08. The predicted octanol–water partition coefficient (Wildman–Crippen LogP) is 0.0524. The molecule has 1 amide bonds. The Labute approximate surface area is 112 Å². The lowest BCUT2D eigenvalue weighted by molar-refractivity contribution is -0.119. The van der Waals surface area contributed by atoms with Gasteiger partial charge in [0.15, 0.2) is 0 Å². The minimum Gasteiger partial charge on any atom is -0.397 e. The molecule has 0 saturated carbocycles. The Kier molecular flexibility index (Phi) is 3.51. The Balaban J connectivity index is 2.35. The topological polar surface area (TPSA) is 101 Å². The number of sulfonamides is 1. The summed E-state index contributed by atoms with van der Waals surface area (Å²) in [6.07, 6.45) is 0.157. The fraction of sp³-hybridized carbons (Fsp3) is 0.417. The van der Waals surface area contributed by atoms with Crippen LogP contribution in [-0.2, 0) is 14.8 Å². The van der Waals surface area contributed by atoms with E-state index >= 15 is 0 Å². The minimum absolute atomic E-state index is 0.104. The number of hydrogen-bond donors (Lipinski definition) is 3. The summed E-state index contributed by atoms with van der Waals surface area (Å²) in [6.45, 7) is 3.76. The van der Waals surface area contributed by atoms with Gasteiger partial charge in [-0.2, -0.15) is 0 Å². The van der Waals surface area contributed by atoms with Crippen LogP contribution in [0.2, 0.25) is 0 Å². The maximum absolute atomic E-state index is 12.4. The van der Waals surface area contributed by atoms with E-state index in [4.69, 9.17) is 5.73 Å². The van der Waals surface area contributed by atoms with Crippen molar-refractivity contribution in [3.8, 4) is 0 Å². The van der Waals surface area contributed by atoms with E-state index in [9.17, 15) is 13.2 Å². The van der Waals surface area contributed by atoms with Crippen LogP contribution >= 0.6 is 0 Å². The molecule has 1 unspecified atom stereocenters. The molecule has 1 aromatic carbocycles. The second kappa shape index (κ2) is 4.82. The zero-order valence-electron chi connectivity index (χ0n) is 10.9. The van der Waals surface area contributed by atoms with Crippen molar-refractivity contribution >= 4 is 21.6 Å². The van der Waals surface area contributed by atoms with Gasteiger partial charge in [0.1, 0.15) is 4.90 Å². The molecule has 1 heterocycles. The van der Waals surface area contributed by atoms with E-state index < -0.39 is 16.1 Å². The number of nitrogens with one attached hydrogen (secondary N) is 2. The third-order valence-corrected chi connectivity index (χ3v) is 4.90. The zero-order valence-corrected chi connectivity index (χ0v) is 11.7. The van der Waals surface area contributed by atoms with E-state index in [0.717, 1.165) is 0 Å². The number of nitrogens with two attached hydrogens (primary N) is 1. The van der Waals surface area contributed by atoms with Crippen LogP contribution in [0.15, 0.2) is 17.0 Å². The Morgan fingerprint density at radius 3 is 2.53 bits per heavy atom. The van der Waals surface area contributed by atoms with Crippen LogP contribution in [0, 0.1) is 13.8 Å². The molecular weight excluding hydrogens is 266 g/mol.